The Kier molecular flexibility index (Phi) is 17.8. The highest BCUT2D eigenvalue weighted by Gasteiger charge is 2.37. The fourth-order valence-corrected chi connectivity index (χ4v) is 5.96. The van der Waals surface area contributed by atoms with E-state index in [-0.39, 0.29) is 43.5 Å². The van der Waals surface area contributed by atoms with E-state index >= 15 is 0 Å². The smallest absolute Gasteiger partial charge is 0.394 e. The van der Waals surface area contributed by atoms with Gasteiger partial charge in [-0.2, -0.15) is 8.42 Å². The number of hydrogen-bond donors (Lipinski definition) is 5. The number of amides is 2. The summed E-state index contributed by atoms with van der Waals surface area (Å²) in [5, 5.41) is 16.4. The van der Waals surface area contributed by atoms with Crippen LogP contribution in [0, 0.1) is 22.7 Å². The first-order chi connectivity index (χ1) is 25.5. The van der Waals surface area contributed by atoms with Gasteiger partial charge in [-0.1, -0.05) is 102 Å². The number of ketones is 1. The van der Waals surface area contributed by atoms with Gasteiger partial charge in [-0.25, -0.2) is 5.01 Å². The highest BCUT2D eigenvalue weighted by atomic mass is 32.3. The van der Waals surface area contributed by atoms with Crippen LogP contribution in [0.1, 0.15) is 72.4 Å². The van der Waals surface area contributed by atoms with Crippen molar-refractivity contribution in [3.05, 3.63) is 90.1 Å². The van der Waals surface area contributed by atoms with E-state index in [4.69, 9.17) is 22.3 Å². The van der Waals surface area contributed by atoms with Crippen LogP contribution in [0.25, 0.3) is 11.3 Å². The third-order valence-electron chi connectivity index (χ3n) is 8.81. The first kappa shape index (κ1) is 46.6. The highest BCUT2D eigenvalue weighted by Crippen LogP contribution is 2.30. The van der Waals surface area contributed by atoms with Gasteiger partial charge in [0.1, 0.15) is 0 Å². The number of aliphatic hydroxyl groups excluding tert-OH is 1. The molecule has 0 saturated carbocycles. The normalized spacial score (nSPS) is 14.0. The van der Waals surface area contributed by atoms with Crippen LogP contribution in [0.15, 0.2) is 79.0 Å². The van der Waals surface area contributed by atoms with E-state index in [2.05, 4.69) is 15.7 Å². The van der Waals surface area contributed by atoms with Gasteiger partial charge >= 0.3 is 16.4 Å². The SMILES string of the molecule is COC(=O)C[C@H](C(=O)NN(Cc1ccc(-c2ccccn2)cc1)C[C@H](O)[C@@H](CC(=O)[C@@H](NC(C)=O)C(C)(C)C)Cc1ccccc1)C(C)(C)C.O=S(=O)(O)O. The van der Waals surface area contributed by atoms with E-state index < -0.39 is 51.2 Å². The molecule has 3 rings (SSSR count). The van der Waals surface area contributed by atoms with Crippen LogP contribution in [-0.2, 0) is 47.3 Å². The van der Waals surface area contributed by atoms with Crippen LogP contribution in [0.2, 0.25) is 0 Å². The average Bonchev–Trinajstić information content (AvgIpc) is 3.08. The van der Waals surface area contributed by atoms with Crippen LogP contribution in [0.3, 0.4) is 0 Å². The molecule has 1 heterocycles. The van der Waals surface area contributed by atoms with E-state index in [1.54, 1.807) is 11.2 Å². The number of nitrogens with zero attached hydrogens (tertiary/aromatic N) is 2. The van der Waals surface area contributed by atoms with Gasteiger partial charge in [-0.3, -0.25) is 38.7 Å². The average molecular weight is 785 g/mol. The maximum Gasteiger partial charge on any atom is 0.394 e. The fourth-order valence-electron chi connectivity index (χ4n) is 5.96. The lowest BCUT2D eigenvalue weighted by molar-refractivity contribution is -0.148. The maximum absolute atomic E-state index is 13.9. The number of aliphatic hydroxyl groups is 1. The molecule has 1 aromatic heterocycles. The minimum absolute atomic E-state index is 0.00575. The molecule has 4 atom stereocenters. The summed E-state index contributed by atoms with van der Waals surface area (Å²) >= 11 is 0. The van der Waals surface area contributed by atoms with Crippen molar-refractivity contribution in [2.75, 3.05) is 13.7 Å². The van der Waals surface area contributed by atoms with Gasteiger partial charge < -0.3 is 15.2 Å². The predicted molar refractivity (Wildman–Crippen MR) is 208 cm³/mol. The van der Waals surface area contributed by atoms with E-state index in [0.29, 0.717) is 6.42 Å². The van der Waals surface area contributed by atoms with Crippen molar-refractivity contribution >= 4 is 34.0 Å². The molecule has 14 nitrogen and oxygen atoms in total. The second kappa shape index (κ2) is 20.9. The van der Waals surface area contributed by atoms with Gasteiger partial charge in [-0.15, -0.1) is 0 Å². The molecule has 0 saturated heterocycles. The third-order valence-corrected chi connectivity index (χ3v) is 8.81. The summed E-state index contributed by atoms with van der Waals surface area (Å²) in [5.41, 5.74) is 5.46. The van der Waals surface area contributed by atoms with Crippen LogP contribution in [0.4, 0.5) is 0 Å². The van der Waals surface area contributed by atoms with Crippen LogP contribution >= 0.6 is 0 Å². The first-order valence-corrected chi connectivity index (χ1v) is 19.2. The quantitative estimate of drug-likeness (QED) is 0.0747. The van der Waals surface area contributed by atoms with Gasteiger partial charge in [0.05, 0.1) is 37.3 Å². The Morgan fingerprint density at radius 1 is 0.836 bits per heavy atom. The molecule has 2 aromatic carbocycles. The van der Waals surface area contributed by atoms with Crippen LogP contribution < -0.4 is 10.7 Å². The zero-order valence-electron chi connectivity index (χ0n) is 32.9. The molecule has 0 unspecified atom stereocenters. The number of ether oxygens (including phenoxy) is 1. The van der Waals surface area contributed by atoms with E-state index in [9.17, 15) is 24.3 Å². The van der Waals surface area contributed by atoms with Crippen molar-refractivity contribution < 1.29 is 46.5 Å². The monoisotopic (exact) mass is 784 g/mol. The Bertz CT molecular complexity index is 1790. The van der Waals surface area contributed by atoms with E-state index in [1.807, 2.05) is 114 Å². The zero-order valence-corrected chi connectivity index (χ0v) is 33.7. The third kappa shape index (κ3) is 17.6. The number of carbonyl (C=O) groups excluding carboxylic acids is 4. The first-order valence-electron chi connectivity index (χ1n) is 17.8. The molecule has 302 valence electrons. The molecule has 5 N–H and O–H groups in total. The molecule has 0 aliphatic carbocycles. The zero-order chi connectivity index (χ0) is 41.6. The highest BCUT2D eigenvalue weighted by molar-refractivity contribution is 7.79. The second-order valence-corrected chi connectivity index (χ2v) is 16.5. The molecule has 0 bridgehead atoms. The molecule has 0 aliphatic heterocycles. The molecule has 2 amide bonds. The molecular formula is C40H56N4O10S. The number of nitrogens with one attached hydrogen (secondary N) is 2. The van der Waals surface area contributed by atoms with Crippen molar-refractivity contribution in [3.63, 3.8) is 0 Å². The van der Waals surface area contributed by atoms with Gasteiger partial charge in [0.25, 0.3) is 0 Å². The number of hydrogen-bond acceptors (Lipinski definition) is 10. The largest absolute Gasteiger partial charge is 0.469 e. The van der Waals surface area contributed by atoms with Gasteiger partial charge in [0.15, 0.2) is 5.78 Å². The molecule has 55 heavy (non-hydrogen) atoms. The van der Waals surface area contributed by atoms with E-state index in [1.165, 1.54) is 14.0 Å². The molecule has 3 aromatic rings. The number of rotatable bonds is 16. The van der Waals surface area contributed by atoms with Crippen molar-refractivity contribution in [3.8, 4) is 11.3 Å². The van der Waals surface area contributed by atoms with Gasteiger partial charge in [-0.05, 0) is 46.4 Å². The Morgan fingerprint density at radius 2 is 1.42 bits per heavy atom. The molecule has 0 radical (unpaired) electrons. The molecule has 0 spiro atoms. The number of hydrazine groups is 1. The molecule has 0 fully saturated rings. The number of Topliss-reactive ketones (excluding diaryl/α,β-unsaturated/α-hetero) is 1. The Morgan fingerprint density at radius 3 is 1.91 bits per heavy atom. The van der Waals surface area contributed by atoms with Crippen molar-refractivity contribution in [2.45, 2.75) is 86.4 Å². The van der Waals surface area contributed by atoms with Gasteiger partial charge in [0.2, 0.25) is 11.8 Å². The summed E-state index contributed by atoms with van der Waals surface area (Å²) in [7, 11) is -3.37. The summed E-state index contributed by atoms with van der Waals surface area (Å²) in [6, 6.07) is 22.4. The summed E-state index contributed by atoms with van der Waals surface area (Å²) < 4.78 is 36.5. The van der Waals surface area contributed by atoms with E-state index in [0.717, 1.165) is 22.4 Å². The number of methoxy groups -OCH3 is 1. The molecule has 0 aliphatic rings. The summed E-state index contributed by atoms with van der Waals surface area (Å²) in [5.74, 6) is -2.61. The van der Waals surface area contributed by atoms with Crippen molar-refractivity contribution in [2.24, 2.45) is 22.7 Å². The molecule has 15 heteroatoms. The van der Waals surface area contributed by atoms with Crippen LogP contribution in [0.5, 0.6) is 0 Å². The number of pyridine rings is 1. The molecular weight excluding hydrogens is 729 g/mol. The lowest BCUT2D eigenvalue weighted by atomic mass is 9.78. The minimum Gasteiger partial charge on any atom is -0.469 e. The predicted octanol–water partition coefficient (Wildman–Crippen LogP) is 4.88. The maximum atomic E-state index is 13.9. The Labute approximate surface area is 324 Å². The van der Waals surface area contributed by atoms with Crippen molar-refractivity contribution in [1.29, 1.82) is 0 Å². The standard InChI is InChI=1S/C40H54N4O6.H2O4S/c1-27(45)42-37(40(5,6)7)34(46)23-31(22-28-14-10-9-11-15-28)35(47)26-44(43-38(49)32(39(2,3)4)24-36(48)50-8)25-29-17-19-30(20-18-29)33-16-12-13-21-41-33;1-5(2,3)4/h9-21,31-32,35,37,47H,22-26H2,1-8H3,(H,42,45)(H,43,49);(H2,1,2,3,4)/t31-,32-,35+,37-;/m1./s1. The summed E-state index contributed by atoms with van der Waals surface area (Å²) in [6.07, 6.45) is 0.977. The second-order valence-electron chi connectivity index (χ2n) is 15.6. The number of benzene rings is 2. The van der Waals surface area contributed by atoms with Crippen molar-refractivity contribution in [1.82, 2.24) is 20.7 Å². The fraction of sp³-hybridized carbons (Fsp3) is 0.475. The lowest BCUT2D eigenvalue weighted by Gasteiger charge is -2.35. The Hall–Kier alpha value is -4.54. The van der Waals surface area contributed by atoms with Gasteiger partial charge in [0, 0.05) is 38.2 Å². The lowest BCUT2D eigenvalue weighted by Crippen LogP contribution is -2.52. The van der Waals surface area contributed by atoms with Crippen LogP contribution in [-0.4, -0.2) is 82.0 Å². The Balaban J connectivity index is 0.00000196. The summed E-state index contributed by atoms with van der Waals surface area (Å²) in [4.78, 5) is 56.5. The number of esters is 1. The number of aromatic nitrogens is 1. The topological polar surface area (TPSA) is 213 Å². The minimum atomic E-state index is -4.67. The number of carbonyl (C=O) groups is 4. The summed E-state index contributed by atoms with van der Waals surface area (Å²) in [6.45, 7) is 13.0.